The summed E-state index contributed by atoms with van der Waals surface area (Å²) in [5.74, 6) is 1.40. The minimum Gasteiger partial charge on any atom is -0.489 e. The fraction of sp³-hybridized carbons (Fsp3) is 0.200. The molecule has 2 heteroatoms. The molecule has 0 radical (unpaired) electrons. The Hall–Kier alpha value is -1.47. The lowest BCUT2D eigenvalue weighted by Gasteiger charge is -2.08. The fourth-order valence-corrected chi connectivity index (χ4v) is 1.88. The maximum atomic E-state index is 5.83. The molecule has 2 rings (SSSR count). The second-order valence-corrected chi connectivity index (χ2v) is 4.33. The van der Waals surface area contributed by atoms with Crippen molar-refractivity contribution in [2.75, 3.05) is 0 Å². The Labute approximate surface area is 107 Å². The average Bonchev–Trinajstić information content (AvgIpc) is 2.37. The van der Waals surface area contributed by atoms with E-state index in [-0.39, 0.29) is 0 Å². The van der Waals surface area contributed by atoms with Gasteiger partial charge in [-0.1, -0.05) is 36.4 Å². The molecule has 0 fully saturated rings. The average molecular weight is 247 g/mol. The van der Waals surface area contributed by atoms with Gasteiger partial charge < -0.3 is 4.74 Å². The summed E-state index contributed by atoms with van der Waals surface area (Å²) in [7, 11) is 0. The number of alkyl halides is 1. The van der Waals surface area contributed by atoms with Crippen LogP contribution in [0, 0.1) is 6.92 Å². The minimum atomic E-state index is 0.517. The number of benzene rings is 2. The highest BCUT2D eigenvalue weighted by molar-refractivity contribution is 6.17. The summed E-state index contributed by atoms with van der Waals surface area (Å²) in [6, 6.07) is 16.2. The molecule has 0 aliphatic heterocycles. The number of hydrogen-bond acceptors (Lipinski definition) is 1. The summed E-state index contributed by atoms with van der Waals surface area (Å²) >= 11 is 5.83. The van der Waals surface area contributed by atoms with Gasteiger partial charge in [0, 0.05) is 5.88 Å². The number of ether oxygens (including phenoxy) is 1. The van der Waals surface area contributed by atoms with Gasteiger partial charge in [-0.25, -0.2) is 0 Å². The van der Waals surface area contributed by atoms with Gasteiger partial charge in [0.15, 0.2) is 0 Å². The van der Waals surface area contributed by atoms with Crippen LogP contribution in [0.25, 0.3) is 0 Å². The van der Waals surface area contributed by atoms with Crippen LogP contribution in [0.3, 0.4) is 0 Å². The van der Waals surface area contributed by atoms with E-state index in [0.717, 1.165) is 11.3 Å². The second kappa shape index (κ2) is 5.74. The summed E-state index contributed by atoms with van der Waals surface area (Å²) < 4.78 is 5.76. The molecule has 0 bridgehead atoms. The van der Waals surface area contributed by atoms with E-state index in [1.165, 1.54) is 11.1 Å². The predicted molar refractivity (Wildman–Crippen MR) is 71.5 cm³/mol. The SMILES string of the molecule is Cc1cc(CCl)cc(OCc2ccccc2)c1. The molecule has 88 valence electrons. The van der Waals surface area contributed by atoms with Gasteiger partial charge in [-0.2, -0.15) is 0 Å². The van der Waals surface area contributed by atoms with E-state index >= 15 is 0 Å². The predicted octanol–water partition coefficient (Wildman–Crippen LogP) is 4.31. The summed E-state index contributed by atoms with van der Waals surface area (Å²) in [5, 5.41) is 0. The number of halogens is 1. The lowest BCUT2D eigenvalue weighted by Crippen LogP contribution is -1.96. The van der Waals surface area contributed by atoms with Crippen molar-refractivity contribution in [2.45, 2.75) is 19.4 Å². The minimum absolute atomic E-state index is 0.517. The molecule has 0 saturated heterocycles. The van der Waals surface area contributed by atoms with Gasteiger partial charge in [0.05, 0.1) is 0 Å². The summed E-state index contributed by atoms with van der Waals surface area (Å²) in [6.07, 6.45) is 0. The molecular weight excluding hydrogens is 232 g/mol. The van der Waals surface area contributed by atoms with Crippen LogP contribution in [0.15, 0.2) is 48.5 Å². The maximum Gasteiger partial charge on any atom is 0.120 e. The van der Waals surface area contributed by atoms with Crippen LogP contribution in [0.2, 0.25) is 0 Å². The standard InChI is InChI=1S/C15H15ClO/c1-12-7-14(10-16)9-15(8-12)17-11-13-5-3-2-4-6-13/h2-9H,10-11H2,1H3. The van der Waals surface area contributed by atoms with Crippen molar-refractivity contribution in [1.29, 1.82) is 0 Å². The van der Waals surface area contributed by atoms with Gasteiger partial charge in [0.2, 0.25) is 0 Å². The summed E-state index contributed by atoms with van der Waals surface area (Å²) in [4.78, 5) is 0. The summed E-state index contributed by atoms with van der Waals surface area (Å²) in [5.41, 5.74) is 3.43. The van der Waals surface area contributed by atoms with Crippen molar-refractivity contribution >= 4 is 11.6 Å². The Morgan fingerprint density at radius 3 is 2.47 bits per heavy atom. The van der Waals surface area contributed by atoms with Crippen LogP contribution in [0.4, 0.5) is 0 Å². The summed E-state index contributed by atoms with van der Waals surface area (Å²) in [6.45, 7) is 2.64. The first-order valence-electron chi connectivity index (χ1n) is 5.61. The number of hydrogen-bond donors (Lipinski definition) is 0. The van der Waals surface area contributed by atoms with Gasteiger partial charge in [-0.15, -0.1) is 11.6 Å². The zero-order chi connectivity index (χ0) is 12.1. The highest BCUT2D eigenvalue weighted by Gasteiger charge is 1.99. The van der Waals surface area contributed by atoms with E-state index < -0.39 is 0 Å². The third-order valence-electron chi connectivity index (χ3n) is 2.51. The highest BCUT2D eigenvalue weighted by Crippen LogP contribution is 2.19. The van der Waals surface area contributed by atoms with Crippen molar-refractivity contribution in [3.63, 3.8) is 0 Å². The van der Waals surface area contributed by atoms with Crippen LogP contribution in [0.1, 0.15) is 16.7 Å². The molecule has 0 amide bonds. The van der Waals surface area contributed by atoms with Crippen molar-refractivity contribution < 1.29 is 4.74 Å². The van der Waals surface area contributed by atoms with Crippen LogP contribution in [-0.2, 0) is 12.5 Å². The molecule has 0 aliphatic carbocycles. The topological polar surface area (TPSA) is 9.23 Å². The number of rotatable bonds is 4. The molecule has 0 atom stereocenters. The fourth-order valence-electron chi connectivity index (χ4n) is 1.73. The van der Waals surface area contributed by atoms with Gasteiger partial charge in [-0.05, 0) is 35.7 Å². The van der Waals surface area contributed by atoms with E-state index in [2.05, 4.69) is 18.2 Å². The lowest BCUT2D eigenvalue weighted by atomic mass is 10.1. The first-order valence-corrected chi connectivity index (χ1v) is 6.14. The zero-order valence-electron chi connectivity index (χ0n) is 9.82. The van der Waals surface area contributed by atoms with E-state index in [1.807, 2.05) is 37.3 Å². The van der Waals surface area contributed by atoms with Crippen LogP contribution in [0.5, 0.6) is 5.75 Å². The van der Waals surface area contributed by atoms with E-state index in [9.17, 15) is 0 Å². The molecule has 0 aliphatic rings. The van der Waals surface area contributed by atoms with Crippen LogP contribution >= 0.6 is 11.6 Å². The molecule has 1 nitrogen and oxygen atoms in total. The maximum absolute atomic E-state index is 5.83. The molecule has 0 spiro atoms. The molecule has 17 heavy (non-hydrogen) atoms. The van der Waals surface area contributed by atoms with Crippen molar-refractivity contribution in [3.8, 4) is 5.75 Å². The first-order chi connectivity index (χ1) is 8.28. The molecule has 0 aromatic heterocycles. The zero-order valence-corrected chi connectivity index (χ0v) is 10.6. The quantitative estimate of drug-likeness (QED) is 0.731. The molecule has 0 heterocycles. The highest BCUT2D eigenvalue weighted by atomic mass is 35.5. The normalized spacial score (nSPS) is 10.2. The van der Waals surface area contributed by atoms with Gasteiger partial charge in [-0.3, -0.25) is 0 Å². The monoisotopic (exact) mass is 246 g/mol. The third-order valence-corrected chi connectivity index (χ3v) is 2.82. The Bertz CT molecular complexity index is 480. The lowest BCUT2D eigenvalue weighted by molar-refractivity contribution is 0.306. The number of aryl methyl sites for hydroxylation is 1. The largest absolute Gasteiger partial charge is 0.489 e. The second-order valence-electron chi connectivity index (χ2n) is 4.06. The Morgan fingerprint density at radius 2 is 1.76 bits per heavy atom. The van der Waals surface area contributed by atoms with Gasteiger partial charge in [0.25, 0.3) is 0 Å². The molecule has 2 aromatic carbocycles. The van der Waals surface area contributed by atoms with Crippen LogP contribution in [-0.4, -0.2) is 0 Å². The van der Waals surface area contributed by atoms with E-state index in [0.29, 0.717) is 12.5 Å². The Morgan fingerprint density at radius 1 is 1.00 bits per heavy atom. The first kappa shape index (κ1) is 12.0. The molecule has 2 aromatic rings. The third kappa shape index (κ3) is 3.50. The molecule has 0 saturated carbocycles. The Kier molecular flexibility index (Phi) is 4.05. The van der Waals surface area contributed by atoms with Gasteiger partial charge >= 0.3 is 0 Å². The van der Waals surface area contributed by atoms with Crippen molar-refractivity contribution in [2.24, 2.45) is 0 Å². The Balaban J connectivity index is 2.06. The van der Waals surface area contributed by atoms with Gasteiger partial charge in [0.1, 0.15) is 12.4 Å². The van der Waals surface area contributed by atoms with Crippen molar-refractivity contribution in [1.82, 2.24) is 0 Å². The van der Waals surface area contributed by atoms with E-state index in [4.69, 9.17) is 16.3 Å². The smallest absolute Gasteiger partial charge is 0.120 e. The molecule has 0 unspecified atom stereocenters. The van der Waals surface area contributed by atoms with Crippen LogP contribution < -0.4 is 4.74 Å². The molecule has 0 N–H and O–H groups in total. The van der Waals surface area contributed by atoms with E-state index in [1.54, 1.807) is 0 Å². The van der Waals surface area contributed by atoms with Crippen molar-refractivity contribution in [3.05, 3.63) is 65.2 Å². The molecular formula is C15H15ClO.